The van der Waals surface area contributed by atoms with Gasteiger partial charge in [-0.25, -0.2) is 0 Å². The van der Waals surface area contributed by atoms with Gasteiger partial charge in [0.2, 0.25) is 0 Å². The molecule has 108 valence electrons. The van der Waals surface area contributed by atoms with Crippen molar-refractivity contribution < 1.29 is 4.42 Å². The van der Waals surface area contributed by atoms with E-state index in [1.165, 1.54) is 31.2 Å². The van der Waals surface area contributed by atoms with Crippen LogP contribution >= 0.6 is 0 Å². The second-order valence-electron chi connectivity index (χ2n) is 7.09. The third-order valence-electron chi connectivity index (χ3n) is 4.82. The maximum atomic E-state index is 5.76. The minimum Gasteiger partial charge on any atom is -0.472 e. The molecule has 1 aromatic rings. The predicted molar refractivity (Wildman–Crippen MR) is 78.4 cm³/mol. The summed E-state index contributed by atoms with van der Waals surface area (Å²) in [4.78, 5) is 0. The van der Waals surface area contributed by atoms with Gasteiger partial charge in [0.05, 0.1) is 12.5 Å². The van der Waals surface area contributed by atoms with Gasteiger partial charge in [-0.2, -0.15) is 0 Å². The summed E-state index contributed by atoms with van der Waals surface area (Å²) in [7, 11) is 0. The topological polar surface area (TPSA) is 51.2 Å². The van der Waals surface area contributed by atoms with Crippen molar-refractivity contribution in [3.63, 3.8) is 0 Å². The van der Waals surface area contributed by atoms with Crippen LogP contribution in [0.2, 0.25) is 0 Å². The molecule has 1 aliphatic carbocycles. The highest BCUT2D eigenvalue weighted by atomic mass is 16.3. The molecule has 0 saturated heterocycles. The number of furan rings is 1. The van der Waals surface area contributed by atoms with Crippen LogP contribution in [0, 0.1) is 17.3 Å². The molecule has 3 N–H and O–H groups in total. The fourth-order valence-electron chi connectivity index (χ4n) is 3.41. The number of rotatable bonds is 4. The predicted octanol–water partition coefficient (Wildman–Crippen LogP) is 3.51. The number of hydrogen-bond acceptors (Lipinski definition) is 3. The standard InChI is InChI=1S/C16H28N2O/c1-16(2,3)14-6-4-13(5-7-14)15(18-17)10-12-8-9-19-11-12/h8-9,11,13-15,18H,4-7,10,17H2,1-3H3. The Morgan fingerprint density at radius 1 is 1.32 bits per heavy atom. The van der Waals surface area contributed by atoms with E-state index in [9.17, 15) is 0 Å². The highest BCUT2D eigenvalue weighted by molar-refractivity contribution is 5.08. The Bertz CT molecular complexity index is 359. The monoisotopic (exact) mass is 264 g/mol. The first-order chi connectivity index (χ1) is 9.00. The zero-order chi connectivity index (χ0) is 13.9. The zero-order valence-corrected chi connectivity index (χ0v) is 12.5. The number of nitrogens with one attached hydrogen (secondary N) is 1. The summed E-state index contributed by atoms with van der Waals surface area (Å²) in [5, 5.41) is 0. The van der Waals surface area contributed by atoms with Gasteiger partial charge in [0.15, 0.2) is 0 Å². The number of nitrogens with two attached hydrogens (primary N) is 1. The van der Waals surface area contributed by atoms with Crippen molar-refractivity contribution >= 4 is 0 Å². The van der Waals surface area contributed by atoms with Crippen LogP contribution in [0.25, 0.3) is 0 Å². The van der Waals surface area contributed by atoms with Gasteiger partial charge in [0.25, 0.3) is 0 Å². The quantitative estimate of drug-likeness (QED) is 0.646. The molecule has 1 saturated carbocycles. The summed E-state index contributed by atoms with van der Waals surface area (Å²) in [6.45, 7) is 7.09. The van der Waals surface area contributed by atoms with Crippen LogP contribution in [-0.2, 0) is 6.42 Å². The fourth-order valence-corrected chi connectivity index (χ4v) is 3.41. The van der Waals surface area contributed by atoms with Crippen molar-refractivity contribution in [1.29, 1.82) is 0 Å². The van der Waals surface area contributed by atoms with Crippen LogP contribution in [-0.4, -0.2) is 6.04 Å². The molecule has 0 radical (unpaired) electrons. The molecule has 2 rings (SSSR count). The molecular weight excluding hydrogens is 236 g/mol. The summed E-state index contributed by atoms with van der Waals surface area (Å²) in [6.07, 6.45) is 9.77. The lowest BCUT2D eigenvalue weighted by molar-refractivity contribution is 0.132. The van der Waals surface area contributed by atoms with Gasteiger partial charge < -0.3 is 4.42 Å². The van der Waals surface area contributed by atoms with Crippen molar-refractivity contribution in [3.8, 4) is 0 Å². The molecule has 1 aromatic heterocycles. The largest absolute Gasteiger partial charge is 0.472 e. The molecule has 0 aromatic carbocycles. The Hall–Kier alpha value is -0.800. The molecule has 1 aliphatic rings. The highest BCUT2D eigenvalue weighted by Gasteiger charge is 2.32. The van der Waals surface area contributed by atoms with E-state index in [1.54, 1.807) is 6.26 Å². The zero-order valence-electron chi connectivity index (χ0n) is 12.5. The molecule has 0 spiro atoms. The van der Waals surface area contributed by atoms with Gasteiger partial charge in [0.1, 0.15) is 0 Å². The van der Waals surface area contributed by atoms with Crippen LogP contribution in [0.5, 0.6) is 0 Å². The molecule has 0 bridgehead atoms. The minimum atomic E-state index is 0.374. The molecule has 0 aliphatic heterocycles. The Kier molecular flexibility index (Phi) is 4.69. The van der Waals surface area contributed by atoms with Gasteiger partial charge in [-0.1, -0.05) is 20.8 Å². The highest BCUT2D eigenvalue weighted by Crippen LogP contribution is 2.40. The summed E-state index contributed by atoms with van der Waals surface area (Å²) in [5.74, 6) is 7.31. The smallest absolute Gasteiger partial charge is 0.0935 e. The first-order valence-corrected chi connectivity index (χ1v) is 7.48. The van der Waals surface area contributed by atoms with Gasteiger partial charge in [-0.15, -0.1) is 0 Å². The van der Waals surface area contributed by atoms with Crippen LogP contribution < -0.4 is 11.3 Å². The van der Waals surface area contributed by atoms with Gasteiger partial charge in [-0.3, -0.25) is 11.3 Å². The molecule has 1 atom stereocenters. The van der Waals surface area contributed by atoms with Crippen LogP contribution in [0.3, 0.4) is 0 Å². The number of hydrogen-bond donors (Lipinski definition) is 2. The Morgan fingerprint density at radius 2 is 2.00 bits per heavy atom. The molecule has 1 unspecified atom stereocenters. The van der Waals surface area contributed by atoms with E-state index in [2.05, 4.69) is 26.2 Å². The van der Waals surface area contributed by atoms with E-state index in [4.69, 9.17) is 10.3 Å². The van der Waals surface area contributed by atoms with Gasteiger partial charge in [-0.05, 0) is 61.0 Å². The maximum Gasteiger partial charge on any atom is 0.0935 e. The molecule has 0 amide bonds. The van der Waals surface area contributed by atoms with E-state index < -0.39 is 0 Å². The summed E-state index contributed by atoms with van der Waals surface area (Å²) in [5.41, 5.74) is 4.70. The van der Waals surface area contributed by atoms with Crippen LogP contribution in [0.15, 0.2) is 23.0 Å². The first kappa shape index (κ1) is 14.6. The molecule has 1 heterocycles. The second-order valence-corrected chi connectivity index (χ2v) is 7.09. The van der Waals surface area contributed by atoms with E-state index in [0.717, 1.165) is 12.3 Å². The maximum absolute atomic E-state index is 5.76. The average molecular weight is 264 g/mol. The van der Waals surface area contributed by atoms with E-state index in [-0.39, 0.29) is 0 Å². The summed E-state index contributed by atoms with van der Waals surface area (Å²) < 4.78 is 5.14. The average Bonchev–Trinajstić information content (AvgIpc) is 2.88. The van der Waals surface area contributed by atoms with Crippen LogP contribution in [0.1, 0.15) is 52.0 Å². The van der Waals surface area contributed by atoms with E-state index >= 15 is 0 Å². The van der Waals surface area contributed by atoms with Crippen molar-refractivity contribution in [1.82, 2.24) is 5.43 Å². The normalized spacial score (nSPS) is 26.3. The number of hydrazine groups is 1. The Labute approximate surface area is 116 Å². The van der Waals surface area contributed by atoms with Crippen molar-refractivity contribution in [2.45, 2.75) is 58.9 Å². The van der Waals surface area contributed by atoms with Crippen molar-refractivity contribution in [2.24, 2.45) is 23.1 Å². The lowest BCUT2D eigenvalue weighted by Gasteiger charge is -2.39. The van der Waals surface area contributed by atoms with Crippen LogP contribution in [0.4, 0.5) is 0 Å². The third kappa shape index (κ3) is 3.83. The second kappa shape index (κ2) is 6.10. The van der Waals surface area contributed by atoms with Gasteiger partial charge >= 0.3 is 0 Å². The molecule has 19 heavy (non-hydrogen) atoms. The lowest BCUT2D eigenvalue weighted by atomic mass is 9.68. The SMILES string of the molecule is CC(C)(C)C1CCC(C(Cc2ccoc2)NN)CC1. The Morgan fingerprint density at radius 3 is 2.47 bits per heavy atom. The van der Waals surface area contributed by atoms with Gasteiger partial charge in [0, 0.05) is 6.04 Å². The molecule has 1 fully saturated rings. The van der Waals surface area contributed by atoms with Crippen molar-refractivity contribution in [3.05, 3.63) is 24.2 Å². The van der Waals surface area contributed by atoms with Crippen molar-refractivity contribution in [2.75, 3.05) is 0 Å². The Balaban J connectivity index is 1.88. The summed E-state index contributed by atoms with van der Waals surface area (Å²) >= 11 is 0. The molecular formula is C16H28N2O. The fraction of sp³-hybridized carbons (Fsp3) is 0.750. The van der Waals surface area contributed by atoms with E-state index in [0.29, 0.717) is 17.4 Å². The minimum absolute atomic E-state index is 0.374. The van der Waals surface area contributed by atoms with E-state index in [1.807, 2.05) is 12.3 Å². The molecule has 3 nitrogen and oxygen atoms in total. The lowest BCUT2D eigenvalue weighted by Crippen LogP contribution is -2.44. The first-order valence-electron chi connectivity index (χ1n) is 7.48. The molecule has 3 heteroatoms. The third-order valence-corrected chi connectivity index (χ3v) is 4.82. The summed E-state index contributed by atoms with van der Waals surface area (Å²) in [6, 6.07) is 2.41.